The highest BCUT2D eigenvalue weighted by Gasteiger charge is 2.14. The zero-order chi connectivity index (χ0) is 11.5. The first-order valence-corrected chi connectivity index (χ1v) is 5.09. The maximum Gasteiger partial charge on any atom is 0.147 e. The van der Waals surface area contributed by atoms with Crippen LogP contribution in [0.5, 0.6) is 0 Å². The maximum absolute atomic E-state index is 13.4. The smallest absolute Gasteiger partial charge is 0.147 e. The molecule has 0 spiro atoms. The monoisotopic (exact) mass is 237 g/mol. The Balaban J connectivity index is 2.39. The maximum atomic E-state index is 13.4. The van der Waals surface area contributed by atoms with Crippen molar-refractivity contribution < 1.29 is 9.50 Å². The molecule has 1 unspecified atom stereocenters. The van der Waals surface area contributed by atoms with Crippen molar-refractivity contribution >= 4 is 11.6 Å². The van der Waals surface area contributed by atoms with Gasteiger partial charge in [-0.3, -0.25) is 4.98 Å². The van der Waals surface area contributed by atoms with Crippen molar-refractivity contribution in [2.45, 2.75) is 6.10 Å². The van der Waals surface area contributed by atoms with Crippen LogP contribution < -0.4 is 0 Å². The molecule has 1 heterocycles. The third-order valence-electron chi connectivity index (χ3n) is 2.26. The van der Waals surface area contributed by atoms with E-state index in [0.29, 0.717) is 10.6 Å². The van der Waals surface area contributed by atoms with E-state index in [-0.39, 0.29) is 5.56 Å². The van der Waals surface area contributed by atoms with Crippen molar-refractivity contribution in [2.75, 3.05) is 0 Å². The predicted molar refractivity (Wildman–Crippen MR) is 59.7 cm³/mol. The van der Waals surface area contributed by atoms with Crippen LogP contribution in [0.1, 0.15) is 17.2 Å². The van der Waals surface area contributed by atoms with Crippen LogP contribution in [0.15, 0.2) is 42.7 Å². The number of aromatic nitrogens is 1. The van der Waals surface area contributed by atoms with E-state index >= 15 is 0 Å². The van der Waals surface area contributed by atoms with Crippen molar-refractivity contribution in [1.29, 1.82) is 0 Å². The number of aliphatic hydroxyl groups excluding tert-OH is 1. The number of hydrogen-bond acceptors (Lipinski definition) is 2. The van der Waals surface area contributed by atoms with Gasteiger partial charge < -0.3 is 5.11 Å². The highest BCUT2D eigenvalue weighted by atomic mass is 35.5. The van der Waals surface area contributed by atoms with Gasteiger partial charge >= 0.3 is 0 Å². The summed E-state index contributed by atoms with van der Waals surface area (Å²) in [6.45, 7) is 0. The molecule has 1 N–H and O–H groups in total. The van der Waals surface area contributed by atoms with Gasteiger partial charge in [-0.15, -0.1) is 0 Å². The lowest BCUT2D eigenvalue weighted by Gasteiger charge is -2.12. The van der Waals surface area contributed by atoms with Crippen LogP contribution in [0.25, 0.3) is 0 Å². The highest BCUT2D eigenvalue weighted by Crippen LogP contribution is 2.25. The zero-order valence-corrected chi connectivity index (χ0v) is 9.03. The van der Waals surface area contributed by atoms with Gasteiger partial charge in [-0.25, -0.2) is 4.39 Å². The van der Waals surface area contributed by atoms with Gasteiger partial charge in [0.15, 0.2) is 0 Å². The number of halogens is 2. The fourth-order valence-corrected chi connectivity index (χ4v) is 1.66. The highest BCUT2D eigenvalue weighted by molar-refractivity contribution is 6.30. The number of hydrogen-bond donors (Lipinski definition) is 1. The lowest BCUT2D eigenvalue weighted by molar-refractivity contribution is 0.214. The Hall–Kier alpha value is -1.45. The van der Waals surface area contributed by atoms with Crippen molar-refractivity contribution in [3.63, 3.8) is 0 Å². The Labute approximate surface area is 97.3 Å². The summed E-state index contributed by atoms with van der Waals surface area (Å²) in [4.78, 5) is 3.63. The first-order valence-electron chi connectivity index (χ1n) is 4.71. The molecule has 1 aromatic carbocycles. The van der Waals surface area contributed by atoms with Crippen LogP contribution in [0.4, 0.5) is 4.39 Å². The van der Waals surface area contributed by atoms with Gasteiger partial charge in [0.25, 0.3) is 0 Å². The summed E-state index contributed by atoms with van der Waals surface area (Å²) in [5.41, 5.74) is 0.745. The lowest BCUT2D eigenvalue weighted by Crippen LogP contribution is -2.02. The number of nitrogens with zero attached hydrogens (tertiary/aromatic N) is 1. The minimum absolute atomic E-state index is 0.192. The third-order valence-corrected chi connectivity index (χ3v) is 2.50. The quantitative estimate of drug-likeness (QED) is 0.871. The van der Waals surface area contributed by atoms with E-state index in [0.717, 1.165) is 6.20 Å². The van der Waals surface area contributed by atoms with E-state index in [1.165, 1.54) is 12.3 Å². The largest absolute Gasteiger partial charge is 0.384 e. The second-order valence-corrected chi connectivity index (χ2v) is 3.79. The van der Waals surface area contributed by atoms with Gasteiger partial charge in [-0.2, -0.15) is 0 Å². The van der Waals surface area contributed by atoms with Gasteiger partial charge in [0, 0.05) is 16.8 Å². The molecule has 0 saturated carbocycles. The molecule has 1 aromatic heterocycles. The van der Waals surface area contributed by atoms with Crippen LogP contribution in [0.2, 0.25) is 5.02 Å². The summed E-state index contributed by atoms with van der Waals surface area (Å²) in [5, 5.41) is 10.5. The molecular formula is C12H9ClFNO. The van der Waals surface area contributed by atoms with E-state index in [2.05, 4.69) is 4.98 Å². The SMILES string of the molecule is OC(c1cccc(Cl)c1)c1ccncc1F. The molecule has 0 bridgehead atoms. The Kier molecular flexibility index (Phi) is 3.17. The number of pyridine rings is 1. The van der Waals surface area contributed by atoms with E-state index in [9.17, 15) is 9.50 Å². The van der Waals surface area contributed by atoms with Crippen LogP contribution in [-0.2, 0) is 0 Å². The Bertz CT molecular complexity index is 504. The molecule has 0 aliphatic heterocycles. The number of rotatable bonds is 2. The first kappa shape index (κ1) is 11.0. The molecule has 2 nitrogen and oxygen atoms in total. The predicted octanol–water partition coefficient (Wildman–Crippen LogP) is 2.96. The lowest BCUT2D eigenvalue weighted by atomic mass is 10.0. The van der Waals surface area contributed by atoms with Gasteiger partial charge in [-0.1, -0.05) is 23.7 Å². The molecule has 0 aliphatic rings. The van der Waals surface area contributed by atoms with Gasteiger partial charge in [0.2, 0.25) is 0 Å². The Morgan fingerprint density at radius 1 is 1.31 bits per heavy atom. The van der Waals surface area contributed by atoms with Crippen LogP contribution in [0.3, 0.4) is 0 Å². The van der Waals surface area contributed by atoms with Gasteiger partial charge in [0.1, 0.15) is 11.9 Å². The molecule has 4 heteroatoms. The molecule has 82 valence electrons. The second kappa shape index (κ2) is 4.60. The second-order valence-electron chi connectivity index (χ2n) is 3.35. The molecule has 0 radical (unpaired) electrons. The third kappa shape index (κ3) is 2.21. The van der Waals surface area contributed by atoms with Crippen molar-refractivity contribution in [3.05, 3.63) is 64.7 Å². The van der Waals surface area contributed by atoms with Crippen LogP contribution in [-0.4, -0.2) is 10.1 Å². The Morgan fingerprint density at radius 3 is 2.81 bits per heavy atom. The van der Waals surface area contributed by atoms with E-state index < -0.39 is 11.9 Å². The molecular weight excluding hydrogens is 229 g/mol. The summed E-state index contributed by atoms with van der Waals surface area (Å²) >= 11 is 5.80. The molecule has 2 rings (SSSR count). The number of benzene rings is 1. The average molecular weight is 238 g/mol. The van der Waals surface area contributed by atoms with E-state index in [1.54, 1.807) is 24.3 Å². The van der Waals surface area contributed by atoms with E-state index in [1.807, 2.05) is 0 Å². The van der Waals surface area contributed by atoms with Crippen molar-refractivity contribution in [1.82, 2.24) is 4.98 Å². The molecule has 0 saturated heterocycles. The van der Waals surface area contributed by atoms with Crippen LogP contribution >= 0.6 is 11.6 Å². The minimum atomic E-state index is -1.03. The summed E-state index contributed by atoms with van der Waals surface area (Å²) in [7, 11) is 0. The number of aliphatic hydroxyl groups is 1. The summed E-state index contributed by atoms with van der Waals surface area (Å²) in [6, 6.07) is 8.14. The van der Waals surface area contributed by atoms with Crippen LogP contribution in [0, 0.1) is 5.82 Å². The fourth-order valence-electron chi connectivity index (χ4n) is 1.46. The molecule has 0 amide bonds. The molecule has 16 heavy (non-hydrogen) atoms. The fraction of sp³-hybridized carbons (Fsp3) is 0.0833. The normalized spacial score (nSPS) is 12.4. The molecule has 1 atom stereocenters. The summed E-state index contributed by atoms with van der Waals surface area (Å²) in [5.74, 6) is -0.532. The van der Waals surface area contributed by atoms with Crippen molar-refractivity contribution in [3.8, 4) is 0 Å². The zero-order valence-electron chi connectivity index (χ0n) is 8.27. The molecule has 0 fully saturated rings. The van der Waals surface area contributed by atoms with Crippen molar-refractivity contribution in [2.24, 2.45) is 0 Å². The van der Waals surface area contributed by atoms with E-state index in [4.69, 9.17) is 11.6 Å². The molecule has 2 aromatic rings. The Morgan fingerprint density at radius 2 is 2.12 bits per heavy atom. The molecule has 0 aliphatic carbocycles. The summed E-state index contributed by atoms with van der Waals surface area (Å²) in [6.07, 6.45) is 1.48. The van der Waals surface area contributed by atoms with Gasteiger partial charge in [-0.05, 0) is 23.8 Å². The topological polar surface area (TPSA) is 33.1 Å². The minimum Gasteiger partial charge on any atom is -0.384 e. The standard InChI is InChI=1S/C12H9ClFNO/c13-9-3-1-2-8(6-9)12(16)10-4-5-15-7-11(10)14/h1-7,12,16H. The summed E-state index contributed by atoms with van der Waals surface area (Å²) < 4.78 is 13.4. The van der Waals surface area contributed by atoms with Gasteiger partial charge in [0.05, 0.1) is 6.20 Å². The average Bonchev–Trinajstić information content (AvgIpc) is 2.29. The first-order chi connectivity index (χ1) is 7.68.